The van der Waals surface area contributed by atoms with E-state index in [0.717, 1.165) is 12.1 Å². The van der Waals surface area contributed by atoms with Crippen molar-refractivity contribution in [1.29, 1.82) is 0 Å². The summed E-state index contributed by atoms with van der Waals surface area (Å²) in [6.45, 7) is 3.13. The van der Waals surface area contributed by atoms with E-state index in [4.69, 9.17) is 0 Å². The summed E-state index contributed by atoms with van der Waals surface area (Å²) in [4.78, 5) is 11.9. The topological polar surface area (TPSA) is 41.1 Å². The molecule has 0 heterocycles. The highest BCUT2D eigenvalue weighted by molar-refractivity contribution is 5.94. The first-order valence-corrected chi connectivity index (χ1v) is 7.94. The van der Waals surface area contributed by atoms with Gasteiger partial charge in [0.2, 0.25) is 0 Å². The van der Waals surface area contributed by atoms with Crippen LogP contribution in [0.3, 0.4) is 0 Å². The Kier molecular flexibility index (Phi) is 6.18. The number of benzene rings is 1. The van der Waals surface area contributed by atoms with Gasteiger partial charge >= 0.3 is 0 Å². The molecule has 0 radical (unpaired) electrons. The number of nitrogens with one attached hydrogen (secondary N) is 2. The molecule has 0 aromatic heterocycles. The Morgan fingerprint density at radius 1 is 1.14 bits per heavy atom. The molecule has 1 fully saturated rings. The average Bonchev–Trinajstić information content (AvgIpc) is 2.71. The molecule has 0 unspecified atom stereocenters. The molecule has 1 aliphatic rings. The second kappa shape index (κ2) is 8.13. The molecule has 116 valence electrons. The number of halogens is 1. The number of amides is 1. The zero-order valence-corrected chi connectivity index (χ0v) is 12.8. The Hall–Kier alpha value is -1.42. The largest absolute Gasteiger partial charge is 0.351 e. The van der Waals surface area contributed by atoms with Crippen molar-refractivity contribution in [1.82, 2.24) is 10.6 Å². The Bertz CT molecular complexity index is 448. The molecule has 0 atom stereocenters. The van der Waals surface area contributed by atoms with Gasteiger partial charge in [0.25, 0.3) is 5.91 Å². The molecule has 3 nitrogen and oxygen atoms in total. The maximum Gasteiger partial charge on any atom is 0.251 e. The number of hydrogen-bond acceptors (Lipinski definition) is 2. The van der Waals surface area contributed by atoms with Gasteiger partial charge in [0.1, 0.15) is 5.82 Å². The Morgan fingerprint density at radius 2 is 1.86 bits per heavy atom. The first-order chi connectivity index (χ1) is 10.1. The third-order valence-electron chi connectivity index (χ3n) is 4.00. The minimum absolute atomic E-state index is 0.208. The van der Waals surface area contributed by atoms with Gasteiger partial charge in [-0.2, -0.15) is 0 Å². The van der Waals surface area contributed by atoms with Crippen LogP contribution in [0, 0.1) is 12.7 Å². The van der Waals surface area contributed by atoms with Crippen LogP contribution in [-0.2, 0) is 0 Å². The molecule has 21 heavy (non-hydrogen) atoms. The first-order valence-electron chi connectivity index (χ1n) is 7.94. The number of carbonyl (C=O) groups excluding carboxylic acids is 1. The Labute approximate surface area is 126 Å². The van der Waals surface area contributed by atoms with Crippen molar-refractivity contribution in [3.05, 3.63) is 35.1 Å². The monoisotopic (exact) mass is 292 g/mol. The van der Waals surface area contributed by atoms with Crippen LogP contribution < -0.4 is 10.6 Å². The van der Waals surface area contributed by atoms with Crippen molar-refractivity contribution in [3.8, 4) is 0 Å². The fourth-order valence-electron chi connectivity index (χ4n) is 2.91. The van der Waals surface area contributed by atoms with E-state index in [0.29, 0.717) is 18.2 Å². The summed E-state index contributed by atoms with van der Waals surface area (Å²) in [5.41, 5.74) is 1.15. The molecule has 2 rings (SSSR count). The molecule has 1 aromatic rings. The molecule has 0 bridgehead atoms. The molecule has 0 aliphatic heterocycles. The third-order valence-corrected chi connectivity index (χ3v) is 4.00. The number of hydrogen-bond donors (Lipinski definition) is 2. The highest BCUT2D eigenvalue weighted by Crippen LogP contribution is 2.16. The first kappa shape index (κ1) is 16.0. The summed E-state index contributed by atoms with van der Waals surface area (Å²) in [5.74, 6) is -0.572. The van der Waals surface area contributed by atoms with Gasteiger partial charge in [0.15, 0.2) is 0 Å². The summed E-state index contributed by atoms with van der Waals surface area (Å²) >= 11 is 0. The van der Waals surface area contributed by atoms with E-state index >= 15 is 0 Å². The molecule has 4 heteroatoms. The normalized spacial score (nSPS) is 16.5. The summed E-state index contributed by atoms with van der Waals surface area (Å²) < 4.78 is 13.3. The zero-order valence-electron chi connectivity index (χ0n) is 12.8. The molecule has 0 spiro atoms. The van der Waals surface area contributed by atoms with Gasteiger partial charge in [-0.25, -0.2) is 4.39 Å². The van der Waals surface area contributed by atoms with Crippen molar-refractivity contribution in [2.24, 2.45) is 0 Å². The summed E-state index contributed by atoms with van der Waals surface area (Å²) in [6.07, 6.45) is 7.74. The second-order valence-corrected chi connectivity index (χ2v) is 5.92. The molecule has 2 N–H and O–H groups in total. The van der Waals surface area contributed by atoms with Crippen LogP contribution in [0.15, 0.2) is 18.2 Å². The number of rotatable bonds is 5. The van der Waals surface area contributed by atoms with Crippen LogP contribution in [0.25, 0.3) is 0 Å². The van der Waals surface area contributed by atoms with E-state index in [-0.39, 0.29) is 11.7 Å². The smallest absolute Gasteiger partial charge is 0.251 e. The lowest BCUT2D eigenvalue weighted by molar-refractivity contribution is 0.0953. The van der Waals surface area contributed by atoms with Crippen LogP contribution >= 0.6 is 0 Å². The van der Waals surface area contributed by atoms with Crippen molar-refractivity contribution in [3.63, 3.8) is 0 Å². The van der Waals surface area contributed by atoms with Gasteiger partial charge in [0, 0.05) is 24.7 Å². The van der Waals surface area contributed by atoms with Crippen LogP contribution in [0.4, 0.5) is 4.39 Å². The Balaban J connectivity index is 1.71. The van der Waals surface area contributed by atoms with Crippen molar-refractivity contribution in [2.45, 2.75) is 51.5 Å². The number of aryl methyl sites for hydroxylation is 1. The lowest BCUT2D eigenvalue weighted by Gasteiger charge is -2.16. The quantitative estimate of drug-likeness (QED) is 0.646. The second-order valence-electron chi connectivity index (χ2n) is 5.92. The minimum atomic E-state index is -0.364. The van der Waals surface area contributed by atoms with Crippen LogP contribution in [0.1, 0.15) is 54.4 Å². The summed E-state index contributed by atoms with van der Waals surface area (Å²) in [5, 5.41) is 6.34. The highest BCUT2D eigenvalue weighted by Gasteiger charge is 2.11. The summed E-state index contributed by atoms with van der Waals surface area (Å²) in [6, 6.07) is 4.99. The van der Waals surface area contributed by atoms with E-state index < -0.39 is 0 Å². The third kappa shape index (κ3) is 5.46. The van der Waals surface area contributed by atoms with E-state index in [9.17, 15) is 9.18 Å². The molecular formula is C17H25FN2O. The van der Waals surface area contributed by atoms with Crippen LogP contribution in [-0.4, -0.2) is 25.0 Å². The van der Waals surface area contributed by atoms with E-state index in [2.05, 4.69) is 10.6 Å². The van der Waals surface area contributed by atoms with Crippen molar-refractivity contribution < 1.29 is 9.18 Å². The van der Waals surface area contributed by atoms with E-state index in [1.807, 2.05) is 0 Å². The molecule has 1 amide bonds. The molecule has 1 aromatic carbocycles. The molecule has 1 aliphatic carbocycles. The number of carbonyl (C=O) groups is 1. The SMILES string of the molecule is Cc1cc(F)cc(C(=O)NCCNC2CCCCCC2)c1. The maximum atomic E-state index is 13.3. The lowest BCUT2D eigenvalue weighted by Crippen LogP contribution is -2.36. The van der Waals surface area contributed by atoms with Crippen molar-refractivity contribution in [2.75, 3.05) is 13.1 Å². The van der Waals surface area contributed by atoms with Gasteiger partial charge in [0.05, 0.1) is 0 Å². The van der Waals surface area contributed by atoms with Gasteiger partial charge in [-0.1, -0.05) is 25.7 Å². The summed E-state index contributed by atoms with van der Waals surface area (Å²) in [7, 11) is 0. The minimum Gasteiger partial charge on any atom is -0.351 e. The van der Waals surface area contributed by atoms with Gasteiger partial charge in [-0.05, 0) is 43.5 Å². The molecule has 0 saturated heterocycles. The van der Waals surface area contributed by atoms with Crippen LogP contribution in [0.5, 0.6) is 0 Å². The Morgan fingerprint density at radius 3 is 2.52 bits per heavy atom. The van der Waals surface area contributed by atoms with E-state index in [1.54, 1.807) is 13.0 Å². The predicted octanol–water partition coefficient (Wildman–Crippen LogP) is 3.18. The highest BCUT2D eigenvalue weighted by atomic mass is 19.1. The zero-order chi connectivity index (χ0) is 15.1. The maximum absolute atomic E-state index is 13.3. The standard InChI is InChI=1S/C17H25FN2O/c1-13-10-14(12-15(18)11-13)17(21)20-9-8-19-16-6-4-2-3-5-7-16/h10-12,16,19H,2-9H2,1H3,(H,20,21). The average molecular weight is 292 g/mol. The van der Waals surface area contributed by atoms with E-state index in [1.165, 1.54) is 50.7 Å². The van der Waals surface area contributed by atoms with Gasteiger partial charge in [-0.15, -0.1) is 0 Å². The fraction of sp³-hybridized carbons (Fsp3) is 0.588. The molecule has 1 saturated carbocycles. The molecular weight excluding hydrogens is 267 g/mol. The predicted molar refractivity (Wildman–Crippen MR) is 83.0 cm³/mol. The lowest BCUT2D eigenvalue weighted by atomic mass is 10.1. The van der Waals surface area contributed by atoms with Crippen LogP contribution in [0.2, 0.25) is 0 Å². The van der Waals surface area contributed by atoms with Gasteiger partial charge < -0.3 is 10.6 Å². The fourth-order valence-corrected chi connectivity index (χ4v) is 2.91. The van der Waals surface area contributed by atoms with Gasteiger partial charge in [-0.3, -0.25) is 4.79 Å². The van der Waals surface area contributed by atoms with Crippen molar-refractivity contribution >= 4 is 5.91 Å².